The number of nitrogens with zero attached hydrogens (tertiary/aromatic N) is 3. The van der Waals surface area contributed by atoms with Crippen molar-refractivity contribution in [3.05, 3.63) is 47.3 Å². The number of Topliss-reactive ketones (excluding diaryl/α,β-unsaturated/α-hetero) is 1. The van der Waals surface area contributed by atoms with E-state index < -0.39 is 21.8 Å². The monoisotopic (exact) mass is 531 g/mol. The molecule has 192 valence electrons. The molecule has 1 aromatic heterocycles. The first-order valence-electron chi connectivity index (χ1n) is 11.3. The van der Waals surface area contributed by atoms with Gasteiger partial charge in [0.1, 0.15) is 9.99 Å². The number of sulfonamides is 1. The van der Waals surface area contributed by atoms with Gasteiger partial charge in [-0.25, -0.2) is 8.42 Å². The van der Waals surface area contributed by atoms with Crippen LogP contribution in [-0.4, -0.2) is 80.0 Å². The van der Waals surface area contributed by atoms with Gasteiger partial charge in [0.15, 0.2) is 5.60 Å². The summed E-state index contributed by atoms with van der Waals surface area (Å²) in [7, 11) is -3.65. The van der Waals surface area contributed by atoms with Gasteiger partial charge in [-0.1, -0.05) is 18.2 Å². The highest BCUT2D eigenvalue weighted by atomic mass is 32.2. The molecule has 12 heteroatoms. The van der Waals surface area contributed by atoms with Crippen LogP contribution in [0.4, 0.5) is 18.9 Å². The van der Waals surface area contributed by atoms with Crippen LogP contribution in [0.3, 0.4) is 0 Å². The molecule has 35 heavy (non-hydrogen) atoms. The van der Waals surface area contributed by atoms with Crippen LogP contribution in [0.25, 0.3) is 0 Å². The Balaban J connectivity index is 1.58. The molecule has 1 aromatic carbocycles. The molecule has 0 radical (unpaired) electrons. The first-order valence-corrected chi connectivity index (χ1v) is 13.7. The number of rotatable bonds is 6. The lowest BCUT2D eigenvalue weighted by atomic mass is 9.95. The third kappa shape index (κ3) is 5.41. The zero-order chi connectivity index (χ0) is 25.4. The van der Waals surface area contributed by atoms with Gasteiger partial charge < -0.3 is 14.9 Å². The molecule has 2 aromatic rings. The van der Waals surface area contributed by atoms with Gasteiger partial charge in [0.05, 0.1) is 6.04 Å². The molecule has 0 bridgehead atoms. The predicted molar refractivity (Wildman–Crippen MR) is 127 cm³/mol. The first kappa shape index (κ1) is 26.1. The number of anilines is 1. The normalized spacial score (nSPS) is 22.8. The first-order chi connectivity index (χ1) is 16.4. The van der Waals surface area contributed by atoms with Crippen LogP contribution >= 0.6 is 11.3 Å². The molecule has 1 N–H and O–H groups in total. The van der Waals surface area contributed by atoms with Crippen molar-refractivity contribution in [1.82, 2.24) is 9.21 Å². The maximum atomic E-state index is 13.2. The Labute approximate surface area is 206 Å². The van der Waals surface area contributed by atoms with Gasteiger partial charge in [-0.15, -0.1) is 11.3 Å². The fourth-order valence-electron chi connectivity index (χ4n) is 4.50. The zero-order valence-electron chi connectivity index (χ0n) is 19.2. The highest BCUT2D eigenvalue weighted by molar-refractivity contribution is 7.91. The minimum atomic E-state index is -4.81. The molecule has 1 unspecified atom stereocenters. The molecule has 2 aliphatic heterocycles. The topological polar surface area (TPSA) is 81.2 Å². The quantitative estimate of drug-likeness (QED) is 0.617. The molecule has 3 heterocycles. The molecule has 2 aliphatic rings. The number of aliphatic hydroxyl groups is 1. The lowest BCUT2D eigenvalue weighted by Crippen LogP contribution is -2.58. The van der Waals surface area contributed by atoms with E-state index in [0.29, 0.717) is 44.7 Å². The fraction of sp³-hybridized carbons (Fsp3) is 0.522. The number of ketones is 1. The second kappa shape index (κ2) is 9.81. The number of hydrogen-bond donors (Lipinski definition) is 1. The van der Waals surface area contributed by atoms with Gasteiger partial charge in [0.2, 0.25) is 0 Å². The number of carbonyl (C=O) groups excluding carboxylic acids is 1. The van der Waals surface area contributed by atoms with Crippen molar-refractivity contribution in [3.8, 4) is 0 Å². The molecule has 2 atom stereocenters. The van der Waals surface area contributed by atoms with Gasteiger partial charge in [-0.2, -0.15) is 17.5 Å². The number of halogens is 3. The van der Waals surface area contributed by atoms with E-state index in [2.05, 4.69) is 4.90 Å². The van der Waals surface area contributed by atoms with Crippen LogP contribution in [0, 0.1) is 0 Å². The number of alkyl halides is 3. The largest absolute Gasteiger partial charge is 0.421 e. The Morgan fingerprint density at radius 3 is 2.29 bits per heavy atom. The van der Waals surface area contributed by atoms with E-state index in [1.807, 2.05) is 4.90 Å². The number of likely N-dealkylation sites (tertiary alicyclic amines) is 1. The van der Waals surface area contributed by atoms with Gasteiger partial charge in [0.25, 0.3) is 10.0 Å². The molecule has 0 aliphatic carbocycles. The molecule has 2 saturated heterocycles. The second-order valence-electron chi connectivity index (χ2n) is 9.10. The van der Waals surface area contributed by atoms with Gasteiger partial charge in [-0.05, 0) is 36.1 Å². The summed E-state index contributed by atoms with van der Waals surface area (Å²) in [6.45, 7) is 3.23. The van der Waals surface area contributed by atoms with Crippen molar-refractivity contribution < 1.29 is 31.5 Å². The van der Waals surface area contributed by atoms with Crippen molar-refractivity contribution in [2.24, 2.45) is 0 Å². The number of hydrogen-bond acceptors (Lipinski definition) is 7. The number of piperazine rings is 1. The lowest BCUT2D eigenvalue weighted by Gasteiger charge is -2.44. The van der Waals surface area contributed by atoms with Crippen molar-refractivity contribution in [3.63, 3.8) is 0 Å². The van der Waals surface area contributed by atoms with Crippen LogP contribution in [-0.2, 0) is 20.4 Å². The number of carbonyl (C=O) groups is 1. The molecule has 7 nitrogen and oxygen atoms in total. The summed E-state index contributed by atoms with van der Waals surface area (Å²) >= 11 is 1.16. The smallest absolute Gasteiger partial charge is 0.376 e. The van der Waals surface area contributed by atoms with E-state index >= 15 is 0 Å². The highest BCUT2D eigenvalue weighted by Crippen LogP contribution is 2.39. The third-order valence-electron chi connectivity index (χ3n) is 6.73. The van der Waals surface area contributed by atoms with E-state index in [0.717, 1.165) is 18.3 Å². The highest BCUT2D eigenvalue weighted by Gasteiger charge is 2.51. The molecule has 4 rings (SSSR count). The zero-order valence-corrected chi connectivity index (χ0v) is 20.9. The standard InChI is InChI=1S/C23H28F3N3O4S2/c1-22(31,23(24,25)26)17-4-6-18(7-5-17)29-13-12-28(35(32,33)21-3-2-14-34-21)16-19(29)15-27-10-8-20(30)9-11-27/h2-7,14,19,31H,8-13,15-16H2,1H3/t19-,22?/m0/s1. The Morgan fingerprint density at radius 1 is 1.06 bits per heavy atom. The SMILES string of the molecule is CC(O)(c1ccc(N2CCN(S(=O)(=O)c3cccs3)C[C@@H]2CN2CCC(=O)CC2)cc1)C(F)(F)F. The van der Waals surface area contributed by atoms with Crippen molar-refractivity contribution >= 4 is 32.8 Å². The maximum absolute atomic E-state index is 13.2. The molecule has 0 spiro atoms. The average molecular weight is 532 g/mol. The van der Waals surface area contributed by atoms with Gasteiger partial charge in [0, 0.05) is 57.8 Å². The van der Waals surface area contributed by atoms with Crippen LogP contribution in [0.5, 0.6) is 0 Å². The minimum Gasteiger partial charge on any atom is -0.376 e. The number of thiophene rings is 1. The van der Waals surface area contributed by atoms with E-state index in [4.69, 9.17) is 0 Å². The van der Waals surface area contributed by atoms with Crippen molar-refractivity contribution in [1.29, 1.82) is 0 Å². The van der Waals surface area contributed by atoms with Crippen LogP contribution in [0.2, 0.25) is 0 Å². The molecular formula is C23H28F3N3O4S2. The van der Waals surface area contributed by atoms with Gasteiger partial charge >= 0.3 is 6.18 Å². The summed E-state index contributed by atoms with van der Waals surface area (Å²) < 4.78 is 67.8. The Kier molecular flexibility index (Phi) is 7.31. The Morgan fingerprint density at radius 2 is 1.71 bits per heavy atom. The van der Waals surface area contributed by atoms with Crippen LogP contribution in [0.1, 0.15) is 25.3 Å². The van der Waals surface area contributed by atoms with Gasteiger partial charge in [-0.3, -0.25) is 4.79 Å². The Hall–Kier alpha value is -1.99. The molecular weight excluding hydrogens is 503 g/mol. The maximum Gasteiger partial charge on any atom is 0.421 e. The van der Waals surface area contributed by atoms with E-state index in [9.17, 15) is 31.5 Å². The number of benzene rings is 1. The molecule has 0 saturated carbocycles. The molecule has 0 amide bonds. The summed E-state index contributed by atoms with van der Waals surface area (Å²) in [6, 6.07) is 8.58. The molecule has 2 fully saturated rings. The summed E-state index contributed by atoms with van der Waals surface area (Å²) in [5, 5.41) is 11.7. The predicted octanol–water partition coefficient (Wildman–Crippen LogP) is 3.06. The summed E-state index contributed by atoms with van der Waals surface area (Å²) in [5.74, 6) is 0.205. The summed E-state index contributed by atoms with van der Waals surface area (Å²) in [4.78, 5) is 15.8. The van der Waals surface area contributed by atoms with E-state index in [-0.39, 0.29) is 34.7 Å². The van der Waals surface area contributed by atoms with Crippen molar-refractivity contribution in [2.75, 3.05) is 44.2 Å². The van der Waals surface area contributed by atoms with Crippen LogP contribution < -0.4 is 4.90 Å². The minimum absolute atomic E-state index is 0.205. The van der Waals surface area contributed by atoms with Crippen LogP contribution in [0.15, 0.2) is 46.0 Å². The third-order valence-corrected chi connectivity index (χ3v) is 9.97. The number of piperidine rings is 1. The second-order valence-corrected chi connectivity index (χ2v) is 12.2. The van der Waals surface area contributed by atoms with E-state index in [1.165, 1.54) is 28.6 Å². The average Bonchev–Trinajstić information content (AvgIpc) is 3.36. The Bertz CT molecular complexity index is 1130. The summed E-state index contributed by atoms with van der Waals surface area (Å²) in [6.07, 6.45) is -3.92. The summed E-state index contributed by atoms with van der Waals surface area (Å²) in [5.41, 5.74) is -2.59. The van der Waals surface area contributed by atoms with E-state index in [1.54, 1.807) is 17.5 Å². The van der Waals surface area contributed by atoms with Crippen molar-refractivity contribution in [2.45, 2.75) is 41.8 Å². The fourth-order valence-corrected chi connectivity index (χ4v) is 7.12. The lowest BCUT2D eigenvalue weighted by molar-refractivity contribution is -0.258.